The Balaban J connectivity index is 1.43. The van der Waals surface area contributed by atoms with Gasteiger partial charge in [0, 0.05) is 41.3 Å². The first-order valence-corrected chi connectivity index (χ1v) is 11.1. The summed E-state index contributed by atoms with van der Waals surface area (Å²) in [4.78, 5) is 18.2. The summed E-state index contributed by atoms with van der Waals surface area (Å²) in [6.45, 7) is 2.98. The lowest BCUT2D eigenvalue weighted by Gasteiger charge is -2.38. The molecule has 174 valence electrons. The van der Waals surface area contributed by atoms with E-state index in [1.54, 1.807) is 44.4 Å². The van der Waals surface area contributed by atoms with Crippen LogP contribution in [-0.2, 0) is 6.54 Å². The van der Waals surface area contributed by atoms with Crippen molar-refractivity contribution in [1.82, 2.24) is 14.5 Å². The van der Waals surface area contributed by atoms with Gasteiger partial charge in [-0.25, -0.2) is 8.78 Å². The molecule has 4 aromatic rings. The van der Waals surface area contributed by atoms with Gasteiger partial charge in [0.15, 0.2) is 0 Å². The first kappa shape index (κ1) is 22.2. The van der Waals surface area contributed by atoms with Crippen LogP contribution in [0.1, 0.15) is 24.2 Å². The van der Waals surface area contributed by atoms with E-state index in [-0.39, 0.29) is 5.91 Å². The van der Waals surface area contributed by atoms with Gasteiger partial charge in [0.1, 0.15) is 0 Å². The number of benzene rings is 2. The zero-order valence-corrected chi connectivity index (χ0v) is 19.0. The summed E-state index contributed by atoms with van der Waals surface area (Å²) in [6, 6.07) is 15.3. The van der Waals surface area contributed by atoms with Crippen molar-refractivity contribution in [3.05, 3.63) is 78.9 Å². The van der Waals surface area contributed by atoms with Crippen molar-refractivity contribution in [2.45, 2.75) is 31.9 Å². The normalized spacial score (nSPS) is 15.4. The highest BCUT2D eigenvalue weighted by molar-refractivity contribution is 6.03. The van der Waals surface area contributed by atoms with Gasteiger partial charge in [-0.3, -0.25) is 9.78 Å². The molecule has 0 saturated carbocycles. The standard InChI is InChI=1S/C27H25F2N3O2/c1-26(2,34)15-31-10-9-22(14-31)18-3-5-19(6-4-18)24-13-30-12-21-8-7-20(11-23(21)24)25(33)32-16-27(28,29)17-32/h3-14,34H,15-17H2,1-2H3. The smallest absolute Gasteiger partial charge is 0.282 e. The Morgan fingerprint density at radius 3 is 2.41 bits per heavy atom. The van der Waals surface area contributed by atoms with Crippen molar-refractivity contribution in [3.8, 4) is 22.3 Å². The zero-order valence-electron chi connectivity index (χ0n) is 19.0. The highest BCUT2D eigenvalue weighted by atomic mass is 19.3. The van der Waals surface area contributed by atoms with E-state index in [9.17, 15) is 18.7 Å². The summed E-state index contributed by atoms with van der Waals surface area (Å²) in [6.07, 6.45) is 7.43. The summed E-state index contributed by atoms with van der Waals surface area (Å²) in [5, 5.41) is 11.8. The number of aliphatic hydroxyl groups is 1. The van der Waals surface area contributed by atoms with Crippen molar-refractivity contribution in [1.29, 1.82) is 0 Å². The minimum absolute atomic E-state index is 0.387. The van der Waals surface area contributed by atoms with Crippen LogP contribution >= 0.6 is 0 Å². The maximum atomic E-state index is 13.2. The van der Waals surface area contributed by atoms with E-state index >= 15 is 0 Å². The summed E-state index contributed by atoms with van der Waals surface area (Å²) in [7, 11) is 0. The molecule has 0 spiro atoms. The molecule has 1 amide bonds. The number of pyridine rings is 1. The molecular formula is C27H25F2N3O2. The van der Waals surface area contributed by atoms with Gasteiger partial charge in [-0.1, -0.05) is 30.3 Å². The second-order valence-electron chi connectivity index (χ2n) is 9.60. The molecule has 7 heteroatoms. The number of carbonyl (C=O) groups is 1. The Labute approximate surface area is 196 Å². The Morgan fingerprint density at radius 2 is 1.74 bits per heavy atom. The van der Waals surface area contributed by atoms with Crippen LogP contribution in [0.3, 0.4) is 0 Å². The quantitative estimate of drug-likeness (QED) is 0.443. The molecule has 34 heavy (non-hydrogen) atoms. The van der Waals surface area contributed by atoms with Gasteiger partial charge >= 0.3 is 0 Å². The number of amides is 1. The number of carbonyl (C=O) groups excluding carboxylic acids is 1. The SMILES string of the molecule is CC(C)(O)Cn1ccc(-c2ccc(-c3cncc4ccc(C(=O)N5CC(F)(F)C5)cc34)cc2)c1. The van der Waals surface area contributed by atoms with Gasteiger partial charge in [0.05, 0.1) is 25.2 Å². The fourth-order valence-corrected chi connectivity index (χ4v) is 4.36. The predicted octanol–water partition coefficient (Wildman–Crippen LogP) is 5.23. The van der Waals surface area contributed by atoms with Gasteiger partial charge in [-0.15, -0.1) is 0 Å². The van der Waals surface area contributed by atoms with E-state index < -0.39 is 24.6 Å². The van der Waals surface area contributed by atoms with Crippen molar-refractivity contribution >= 4 is 16.7 Å². The minimum Gasteiger partial charge on any atom is -0.389 e. The van der Waals surface area contributed by atoms with Gasteiger partial charge < -0.3 is 14.6 Å². The van der Waals surface area contributed by atoms with Crippen LogP contribution in [0.2, 0.25) is 0 Å². The number of hydrogen-bond donors (Lipinski definition) is 1. The minimum atomic E-state index is -2.79. The van der Waals surface area contributed by atoms with E-state index in [0.717, 1.165) is 33.0 Å². The maximum Gasteiger partial charge on any atom is 0.282 e. The topological polar surface area (TPSA) is 58.4 Å². The number of rotatable bonds is 5. The third-order valence-electron chi connectivity index (χ3n) is 5.99. The lowest BCUT2D eigenvalue weighted by molar-refractivity contribution is -0.113. The summed E-state index contributed by atoms with van der Waals surface area (Å²) in [5.74, 6) is -3.18. The highest BCUT2D eigenvalue weighted by Crippen LogP contribution is 2.32. The molecule has 5 rings (SSSR count). The predicted molar refractivity (Wildman–Crippen MR) is 128 cm³/mol. The lowest BCUT2D eigenvalue weighted by Crippen LogP contribution is -2.58. The second-order valence-corrected chi connectivity index (χ2v) is 9.60. The summed E-state index contributed by atoms with van der Waals surface area (Å²) in [5.41, 5.74) is 3.50. The molecule has 5 nitrogen and oxygen atoms in total. The third kappa shape index (κ3) is 4.43. The average Bonchev–Trinajstić information content (AvgIpc) is 3.23. The van der Waals surface area contributed by atoms with E-state index in [1.165, 1.54) is 4.90 Å². The van der Waals surface area contributed by atoms with Gasteiger partial charge in [0.25, 0.3) is 11.8 Å². The Kier molecular flexibility index (Phi) is 5.24. The number of fused-ring (bicyclic) bond motifs is 1. The fourth-order valence-electron chi connectivity index (χ4n) is 4.36. The largest absolute Gasteiger partial charge is 0.389 e. The van der Waals surface area contributed by atoms with Crippen LogP contribution in [0, 0.1) is 0 Å². The van der Waals surface area contributed by atoms with Crippen LogP contribution in [0.5, 0.6) is 0 Å². The molecule has 0 aliphatic carbocycles. The summed E-state index contributed by atoms with van der Waals surface area (Å²) < 4.78 is 28.4. The molecular weight excluding hydrogens is 436 g/mol. The van der Waals surface area contributed by atoms with Gasteiger partial charge in [-0.05, 0) is 54.1 Å². The van der Waals surface area contributed by atoms with E-state index in [1.807, 2.05) is 47.3 Å². The second kappa shape index (κ2) is 8.02. The first-order valence-electron chi connectivity index (χ1n) is 11.1. The van der Waals surface area contributed by atoms with Crippen LogP contribution < -0.4 is 0 Å². The van der Waals surface area contributed by atoms with E-state index in [4.69, 9.17) is 0 Å². The first-order chi connectivity index (χ1) is 16.1. The zero-order chi connectivity index (χ0) is 24.1. The number of alkyl halides is 2. The van der Waals surface area contributed by atoms with Crippen LogP contribution in [0.25, 0.3) is 33.0 Å². The fraction of sp³-hybridized carbons (Fsp3) is 0.259. The number of halogens is 2. The Hall–Kier alpha value is -3.58. The molecule has 0 bridgehead atoms. The number of aromatic nitrogens is 2. The molecule has 1 aliphatic rings. The van der Waals surface area contributed by atoms with Crippen molar-refractivity contribution in [2.75, 3.05) is 13.1 Å². The molecule has 0 radical (unpaired) electrons. The van der Waals surface area contributed by atoms with Crippen molar-refractivity contribution < 1.29 is 18.7 Å². The third-order valence-corrected chi connectivity index (χ3v) is 5.99. The van der Waals surface area contributed by atoms with Crippen LogP contribution in [0.4, 0.5) is 8.78 Å². The molecule has 1 aliphatic heterocycles. The van der Waals surface area contributed by atoms with Crippen LogP contribution in [-0.4, -0.2) is 50.1 Å². The maximum absolute atomic E-state index is 13.2. The van der Waals surface area contributed by atoms with Crippen molar-refractivity contribution in [3.63, 3.8) is 0 Å². The number of likely N-dealkylation sites (tertiary alicyclic amines) is 1. The van der Waals surface area contributed by atoms with E-state index in [0.29, 0.717) is 12.1 Å². The highest BCUT2D eigenvalue weighted by Gasteiger charge is 2.46. The average molecular weight is 462 g/mol. The Bertz CT molecular complexity index is 1360. The molecule has 2 aromatic heterocycles. The molecule has 1 N–H and O–H groups in total. The molecule has 1 fully saturated rings. The lowest BCUT2D eigenvalue weighted by atomic mass is 9.97. The molecule has 0 unspecified atom stereocenters. The molecule has 1 saturated heterocycles. The monoisotopic (exact) mass is 461 g/mol. The molecule has 0 atom stereocenters. The Morgan fingerprint density at radius 1 is 1.03 bits per heavy atom. The van der Waals surface area contributed by atoms with E-state index in [2.05, 4.69) is 4.98 Å². The van der Waals surface area contributed by atoms with Crippen molar-refractivity contribution in [2.24, 2.45) is 0 Å². The number of nitrogens with zero attached hydrogens (tertiary/aromatic N) is 3. The number of hydrogen-bond acceptors (Lipinski definition) is 3. The summed E-state index contributed by atoms with van der Waals surface area (Å²) >= 11 is 0. The van der Waals surface area contributed by atoms with Crippen LogP contribution in [0.15, 0.2) is 73.3 Å². The van der Waals surface area contributed by atoms with Gasteiger partial charge in [0.2, 0.25) is 0 Å². The van der Waals surface area contributed by atoms with Gasteiger partial charge in [-0.2, -0.15) is 0 Å². The molecule has 2 aromatic carbocycles. The molecule has 3 heterocycles.